The van der Waals surface area contributed by atoms with Crippen LogP contribution < -0.4 is 32.4 Å². The number of benzene rings is 1. The molecular weight excluding hydrogens is 512 g/mol. The Morgan fingerprint density at radius 1 is 1.07 bits per heavy atom. The zero-order valence-corrected chi connectivity index (χ0v) is 22.2. The number of furan rings is 1. The number of carbonyl (C=O) groups is 1. The van der Waals surface area contributed by atoms with Crippen LogP contribution >= 0.6 is 0 Å². The van der Waals surface area contributed by atoms with Crippen LogP contribution in [0.1, 0.15) is 36.2 Å². The first-order chi connectivity index (χ1) is 19.5. The van der Waals surface area contributed by atoms with Crippen LogP contribution in [0.3, 0.4) is 0 Å². The molecule has 2 atom stereocenters. The molecule has 7 N–H and O–H groups in total. The van der Waals surface area contributed by atoms with Gasteiger partial charge in [-0.05, 0) is 36.6 Å². The number of hydrogen-bond donors (Lipinski definition) is 4. The summed E-state index contributed by atoms with van der Waals surface area (Å²) in [6.07, 6.45) is 7.63. The maximum atomic E-state index is 12.8. The summed E-state index contributed by atoms with van der Waals surface area (Å²) < 4.78 is 17.2. The quantitative estimate of drug-likeness (QED) is 0.273. The third kappa shape index (κ3) is 5.25. The SMILES string of the molecule is NC(=O)c1ncc(N[C@H]2CCCC[C@H]2[NH3+])cc1Nc1cccc(-c2coc3c(=O)cc(N4CCOCC4)oc23)c1. The number of nitrogens with zero attached hydrogens (tertiary/aromatic N) is 2. The number of carbonyl (C=O) groups excluding carboxylic acids is 1. The van der Waals surface area contributed by atoms with Crippen LogP contribution in [0.25, 0.3) is 22.3 Å². The van der Waals surface area contributed by atoms with E-state index < -0.39 is 5.91 Å². The lowest BCUT2D eigenvalue weighted by molar-refractivity contribution is -0.427. The number of morpholine rings is 1. The lowest BCUT2D eigenvalue weighted by Crippen LogP contribution is -2.68. The van der Waals surface area contributed by atoms with Gasteiger partial charge in [0, 0.05) is 25.2 Å². The van der Waals surface area contributed by atoms with Gasteiger partial charge in [0.25, 0.3) is 5.91 Å². The number of pyridine rings is 1. The van der Waals surface area contributed by atoms with Crippen molar-refractivity contribution in [3.63, 3.8) is 0 Å². The predicted molar refractivity (Wildman–Crippen MR) is 152 cm³/mol. The number of fused-ring (bicyclic) bond motifs is 1. The van der Waals surface area contributed by atoms with Crippen molar-refractivity contribution in [2.24, 2.45) is 5.73 Å². The number of amides is 1. The topological polar surface area (TPSA) is 164 Å². The van der Waals surface area contributed by atoms with Crippen molar-refractivity contribution < 1.29 is 24.1 Å². The third-order valence-electron chi connectivity index (χ3n) is 7.59. The summed E-state index contributed by atoms with van der Waals surface area (Å²) in [6.45, 7) is 2.43. The van der Waals surface area contributed by atoms with Crippen molar-refractivity contribution in [1.29, 1.82) is 0 Å². The molecule has 1 aliphatic carbocycles. The predicted octanol–water partition coefficient (Wildman–Crippen LogP) is 3.09. The van der Waals surface area contributed by atoms with Crippen LogP contribution in [0.4, 0.5) is 22.9 Å². The van der Waals surface area contributed by atoms with E-state index in [4.69, 9.17) is 19.3 Å². The van der Waals surface area contributed by atoms with Gasteiger partial charge in [0.05, 0.1) is 48.5 Å². The number of anilines is 4. The highest BCUT2D eigenvalue weighted by molar-refractivity contribution is 5.98. The number of nitrogens with one attached hydrogen (secondary N) is 2. The molecule has 3 aromatic heterocycles. The fraction of sp³-hybridized carbons (Fsp3) is 0.345. The van der Waals surface area contributed by atoms with Gasteiger partial charge in [0.2, 0.25) is 11.0 Å². The molecule has 1 aliphatic heterocycles. The minimum absolute atomic E-state index is 0.140. The minimum Gasteiger partial charge on any atom is -0.456 e. The number of rotatable bonds is 7. The minimum atomic E-state index is -0.629. The monoisotopic (exact) mass is 545 g/mol. The maximum absolute atomic E-state index is 12.8. The Morgan fingerprint density at radius 3 is 2.70 bits per heavy atom. The van der Waals surface area contributed by atoms with Crippen LogP contribution in [-0.2, 0) is 4.74 Å². The molecule has 1 amide bonds. The number of nitrogens with two attached hydrogens (primary N) is 1. The molecule has 0 bridgehead atoms. The van der Waals surface area contributed by atoms with Gasteiger partial charge in [0.15, 0.2) is 17.2 Å². The smallest absolute Gasteiger partial charge is 0.269 e. The zero-order valence-electron chi connectivity index (χ0n) is 22.2. The molecule has 0 spiro atoms. The Hall–Kier alpha value is -4.35. The number of primary amides is 1. The molecular formula is C29H33N6O5+. The molecule has 4 heterocycles. The highest BCUT2D eigenvalue weighted by Gasteiger charge is 2.25. The summed E-state index contributed by atoms with van der Waals surface area (Å²) >= 11 is 0. The molecule has 6 rings (SSSR count). The van der Waals surface area contributed by atoms with Gasteiger partial charge in [0.1, 0.15) is 12.3 Å². The summed E-state index contributed by atoms with van der Waals surface area (Å²) in [6, 6.07) is 11.4. The first-order valence-corrected chi connectivity index (χ1v) is 13.6. The maximum Gasteiger partial charge on any atom is 0.269 e. The Kier molecular flexibility index (Phi) is 7.14. The Labute approximate surface area is 230 Å². The number of ether oxygens (including phenoxy) is 1. The summed E-state index contributed by atoms with van der Waals surface area (Å²) in [5, 5.41) is 6.83. The van der Waals surface area contributed by atoms with E-state index in [0.29, 0.717) is 60.8 Å². The van der Waals surface area contributed by atoms with Crippen molar-refractivity contribution in [2.45, 2.75) is 37.8 Å². The molecule has 0 unspecified atom stereocenters. The third-order valence-corrected chi connectivity index (χ3v) is 7.59. The van der Waals surface area contributed by atoms with Gasteiger partial charge in [-0.3, -0.25) is 9.59 Å². The molecule has 4 aromatic rings. The highest BCUT2D eigenvalue weighted by Crippen LogP contribution is 2.34. The molecule has 11 heteroatoms. The average Bonchev–Trinajstić information content (AvgIpc) is 3.40. The summed E-state index contributed by atoms with van der Waals surface area (Å²) in [7, 11) is 0. The second-order valence-corrected chi connectivity index (χ2v) is 10.3. The summed E-state index contributed by atoms with van der Waals surface area (Å²) in [5.74, 6) is -0.141. The van der Waals surface area contributed by atoms with E-state index in [1.165, 1.54) is 18.8 Å². The van der Waals surface area contributed by atoms with E-state index in [2.05, 4.69) is 21.4 Å². The van der Waals surface area contributed by atoms with Gasteiger partial charge in [-0.25, -0.2) is 4.98 Å². The first kappa shape index (κ1) is 25.9. The van der Waals surface area contributed by atoms with Crippen molar-refractivity contribution in [3.8, 4) is 11.1 Å². The van der Waals surface area contributed by atoms with Crippen molar-refractivity contribution >= 4 is 40.0 Å². The summed E-state index contributed by atoms with van der Waals surface area (Å²) in [5.41, 5.74) is 13.8. The molecule has 1 saturated carbocycles. The largest absolute Gasteiger partial charge is 0.456 e. The average molecular weight is 546 g/mol. The number of hydrogen-bond acceptors (Lipinski definition) is 9. The van der Waals surface area contributed by atoms with Crippen LogP contribution in [0, 0.1) is 0 Å². The zero-order chi connectivity index (χ0) is 27.6. The van der Waals surface area contributed by atoms with Gasteiger partial charge in [-0.1, -0.05) is 18.6 Å². The second kappa shape index (κ2) is 11.0. The fourth-order valence-electron chi connectivity index (χ4n) is 5.44. The van der Waals surface area contributed by atoms with Crippen LogP contribution in [0.2, 0.25) is 0 Å². The Balaban J connectivity index is 1.31. The standard InChI is InChI=1S/C29H32N6O5/c30-21-6-1-2-7-22(21)34-19-13-23(26(29(31)37)32-15-19)33-18-5-3-4-17(12-18)20-16-39-28-24(36)14-25(40-27(20)28)35-8-10-38-11-9-35/h3-5,12-16,21-22,33-34H,1-2,6-11,30H2,(H2,31,37)/p+1/t21-,22+/m1/s1. The van der Waals surface area contributed by atoms with E-state index in [-0.39, 0.29) is 22.7 Å². The lowest BCUT2D eigenvalue weighted by atomic mass is 9.91. The molecule has 2 fully saturated rings. The van der Waals surface area contributed by atoms with Crippen LogP contribution in [0.15, 0.2) is 62.5 Å². The van der Waals surface area contributed by atoms with E-state index in [9.17, 15) is 9.59 Å². The normalized spacial score (nSPS) is 19.5. The highest BCUT2D eigenvalue weighted by atomic mass is 16.5. The van der Waals surface area contributed by atoms with E-state index in [0.717, 1.165) is 30.5 Å². The van der Waals surface area contributed by atoms with E-state index in [1.54, 1.807) is 6.20 Å². The number of quaternary nitrogens is 1. The van der Waals surface area contributed by atoms with E-state index in [1.807, 2.05) is 35.2 Å². The molecule has 40 heavy (non-hydrogen) atoms. The lowest BCUT2D eigenvalue weighted by Gasteiger charge is -2.27. The summed E-state index contributed by atoms with van der Waals surface area (Å²) in [4.78, 5) is 31.3. The van der Waals surface area contributed by atoms with Gasteiger partial charge in [-0.15, -0.1) is 0 Å². The molecule has 1 aromatic carbocycles. The number of aromatic nitrogens is 1. The first-order valence-electron chi connectivity index (χ1n) is 13.6. The second-order valence-electron chi connectivity index (χ2n) is 10.3. The Morgan fingerprint density at radius 2 is 1.90 bits per heavy atom. The molecule has 208 valence electrons. The Bertz CT molecular complexity index is 1590. The van der Waals surface area contributed by atoms with Gasteiger partial charge < -0.3 is 40.6 Å². The van der Waals surface area contributed by atoms with Crippen molar-refractivity contribution in [1.82, 2.24) is 4.98 Å². The van der Waals surface area contributed by atoms with Crippen molar-refractivity contribution in [3.05, 3.63) is 64.8 Å². The van der Waals surface area contributed by atoms with Gasteiger partial charge >= 0.3 is 0 Å². The fourth-order valence-corrected chi connectivity index (χ4v) is 5.44. The van der Waals surface area contributed by atoms with Crippen molar-refractivity contribution in [2.75, 3.05) is 41.8 Å². The molecule has 11 nitrogen and oxygen atoms in total. The molecule has 1 saturated heterocycles. The molecule has 0 radical (unpaired) electrons. The van der Waals surface area contributed by atoms with E-state index >= 15 is 0 Å². The van der Waals surface area contributed by atoms with Crippen LogP contribution in [-0.4, -0.2) is 49.3 Å². The molecule has 2 aliphatic rings. The van der Waals surface area contributed by atoms with Gasteiger partial charge in [-0.2, -0.15) is 0 Å². The van der Waals surface area contributed by atoms with Crippen LogP contribution in [0.5, 0.6) is 0 Å².